The van der Waals surface area contributed by atoms with Crippen LogP contribution in [-0.4, -0.2) is 198 Å². The summed E-state index contributed by atoms with van der Waals surface area (Å²) in [7, 11) is -3.15. The van der Waals surface area contributed by atoms with Gasteiger partial charge in [0.25, 0.3) is 11.8 Å². The van der Waals surface area contributed by atoms with Crippen LogP contribution in [0.2, 0.25) is 0 Å². The predicted molar refractivity (Wildman–Crippen MR) is 281 cm³/mol. The lowest BCUT2D eigenvalue weighted by molar-refractivity contribution is -0.305. The van der Waals surface area contributed by atoms with Gasteiger partial charge in [-0.1, -0.05) is 12.1 Å². The van der Waals surface area contributed by atoms with Gasteiger partial charge in [0.2, 0.25) is 10.0 Å². The highest BCUT2D eigenvalue weighted by molar-refractivity contribution is 7.89. The SMILES string of the molecule is CN(C(=O)OC(C)(C)C)[C@@H]1[C@@H](O)[C@@H](O[C@H]2[C@H](NS(=O)(=O)CCNC(=O)OC(C)(C)C)C[C@H](NC(=O)OC(C)(C)C)C([C@H]3OC(CNCCCN4C(=O)c5ccccc5C4=O)=CC[C@H]3NC(=O)OC(C)(C)C)[C@@H]2O)OC[C@]1(C)O. The Balaban J connectivity index is 1.51. The minimum absolute atomic E-state index is 0.0685. The number of fused-ring (bicyclic) bond motifs is 1. The summed E-state index contributed by atoms with van der Waals surface area (Å²) in [5.74, 6) is -2.50. The fraction of sp³-hybridized carbons (Fsp3) is 0.731. The van der Waals surface area contributed by atoms with Crippen LogP contribution in [0.25, 0.3) is 0 Å². The average Bonchev–Trinajstić information content (AvgIpc) is 3.51. The van der Waals surface area contributed by atoms with Crippen molar-refractivity contribution in [3.63, 3.8) is 0 Å². The molecule has 11 atom stereocenters. The number of benzene rings is 1. The zero-order valence-electron chi connectivity index (χ0n) is 47.3. The van der Waals surface area contributed by atoms with Crippen molar-refractivity contribution in [3.05, 3.63) is 47.2 Å². The number of imide groups is 1. The highest BCUT2D eigenvalue weighted by Gasteiger charge is 2.57. The van der Waals surface area contributed by atoms with Gasteiger partial charge in [0.05, 0.1) is 54.3 Å². The van der Waals surface area contributed by atoms with Gasteiger partial charge in [-0.15, -0.1) is 0 Å². The zero-order valence-corrected chi connectivity index (χ0v) is 48.1. The molecule has 440 valence electrons. The second kappa shape index (κ2) is 25.0. The van der Waals surface area contributed by atoms with Crippen LogP contribution < -0.4 is 26.0 Å². The van der Waals surface area contributed by atoms with Gasteiger partial charge in [-0.05, 0) is 134 Å². The van der Waals surface area contributed by atoms with Crippen LogP contribution in [0.3, 0.4) is 0 Å². The fourth-order valence-electron chi connectivity index (χ4n) is 9.57. The molecule has 3 aliphatic heterocycles. The Morgan fingerprint density at radius 2 is 1.32 bits per heavy atom. The van der Waals surface area contributed by atoms with E-state index in [9.17, 15) is 52.5 Å². The van der Waals surface area contributed by atoms with Gasteiger partial charge in [-0.3, -0.25) is 14.5 Å². The maximum absolute atomic E-state index is 14.1. The Morgan fingerprint density at radius 3 is 1.87 bits per heavy atom. The molecule has 1 saturated heterocycles. The molecule has 8 N–H and O–H groups in total. The Morgan fingerprint density at radius 1 is 0.782 bits per heavy atom. The first-order chi connectivity index (χ1) is 35.8. The number of carbonyl (C=O) groups excluding carboxylic acids is 6. The van der Waals surface area contributed by atoms with Crippen molar-refractivity contribution >= 4 is 46.2 Å². The highest BCUT2D eigenvalue weighted by atomic mass is 32.2. The molecular weight excluding hydrogens is 1040 g/mol. The number of alkyl carbamates (subject to hydrolysis) is 3. The van der Waals surface area contributed by atoms with E-state index in [2.05, 4.69) is 26.0 Å². The van der Waals surface area contributed by atoms with Crippen LogP contribution in [0.4, 0.5) is 19.2 Å². The molecule has 1 unspecified atom stereocenters. The fourth-order valence-corrected chi connectivity index (χ4v) is 10.8. The van der Waals surface area contributed by atoms with Crippen molar-refractivity contribution in [1.29, 1.82) is 0 Å². The third kappa shape index (κ3) is 17.8. The zero-order chi connectivity index (χ0) is 58.5. The Kier molecular flexibility index (Phi) is 20.3. The minimum atomic E-state index is -4.45. The number of hydrogen-bond acceptors (Lipinski definition) is 19. The molecule has 1 aromatic rings. The number of carbonyl (C=O) groups is 6. The first kappa shape index (κ1) is 63.5. The molecule has 25 nitrogen and oxygen atoms in total. The molecule has 78 heavy (non-hydrogen) atoms. The summed E-state index contributed by atoms with van der Waals surface area (Å²) in [6, 6.07) is 1.36. The number of ether oxygens (including phenoxy) is 7. The second-order valence-electron chi connectivity index (χ2n) is 24.3. The van der Waals surface area contributed by atoms with E-state index in [0.717, 1.165) is 4.90 Å². The minimum Gasteiger partial charge on any atom is -0.491 e. The summed E-state index contributed by atoms with van der Waals surface area (Å²) < 4.78 is 71.9. The van der Waals surface area contributed by atoms with Gasteiger partial charge >= 0.3 is 24.4 Å². The van der Waals surface area contributed by atoms with Crippen LogP contribution in [-0.2, 0) is 43.2 Å². The van der Waals surface area contributed by atoms with Gasteiger partial charge < -0.3 is 74.6 Å². The number of nitrogens with zero attached hydrogens (tertiary/aromatic N) is 2. The Bertz CT molecular complexity index is 2430. The number of aliphatic hydroxyl groups is 3. The topological polar surface area (TPSA) is 328 Å². The van der Waals surface area contributed by atoms with Gasteiger partial charge in [0.1, 0.15) is 52.1 Å². The first-order valence-electron chi connectivity index (χ1n) is 26.1. The Labute approximate surface area is 457 Å². The standard InChI is InChI=1S/C52H83N7O18S/c1-48(2,3)74-44(64)54-23-25-78(69,70)57-34-26-33(56-46(66)76-50(7,8)9)35(36(60)39(34)73-43-37(61)40(52(13,68)28-71-43)58(14)47(67)77-51(10,11)12)38-32(55-45(65)75-49(4,5)6)21-20-29(72-38)27-53-22-17-24-59-41(62)30-18-15-16-19-31(30)42(59)63/h15-16,18-20,32-40,43,53,57,60-61,68H,17,21-28H2,1-14H3,(H,54,64)(H,55,65)(H,56,66)/t32-,33+,34-,35?,36+,37-,38+,39+,40-,43-,52+/m1/s1. The van der Waals surface area contributed by atoms with Gasteiger partial charge in [0.15, 0.2) is 6.29 Å². The van der Waals surface area contributed by atoms with Gasteiger partial charge in [0, 0.05) is 32.1 Å². The van der Waals surface area contributed by atoms with Crippen LogP contribution in [0, 0.1) is 5.92 Å². The van der Waals surface area contributed by atoms with Crippen molar-refractivity contribution in [2.75, 3.05) is 45.6 Å². The third-order valence-corrected chi connectivity index (χ3v) is 14.0. The van der Waals surface area contributed by atoms with E-state index in [0.29, 0.717) is 29.9 Å². The summed E-state index contributed by atoms with van der Waals surface area (Å²) >= 11 is 0. The summed E-state index contributed by atoms with van der Waals surface area (Å²) in [4.78, 5) is 81.5. The average molecular weight is 1130 g/mol. The Hall–Kier alpha value is -5.35. The number of aliphatic hydroxyl groups excluding tert-OH is 2. The van der Waals surface area contributed by atoms with Crippen molar-refractivity contribution in [2.45, 2.75) is 192 Å². The summed E-state index contributed by atoms with van der Waals surface area (Å²) in [5, 5.41) is 47.9. The first-order valence-corrected chi connectivity index (χ1v) is 27.8. The van der Waals surface area contributed by atoms with E-state index in [1.54, 1.807) is 113 Å². The monoisotopic (exact) mass is 1130 g/mol. The number of amides is 6. The molecule has 6 amide bonds. The molecule has 1 saturated carbocycles. The molecule has 26 heteroatoms. The summed E-state index contributed by atoms with van der Waals surface area (Å²) in [6.07, 6.45) is -10.4. The number of likely N-dealkylation sites (N-methyl/N-ethyl adjacent to an activating group) is 1. The number of rotatable bonds is 17. The molecule has 5 rings (SSSR count). The summed E-state index contributed by atoms with van der Waals surface area (Å²) in [6.45, 7) is 20.5. The van der Waals surface area contributed by atoms with Crippen molar-refractivity contribution in [2.24, 2.45) is 5.92 Å². The van der Waals surface area contributed by atoms with Crippen molar-refractivity contribution in [1.82, 2.24) is 35.8 Å². The quantitative estimate of drug-likeness (QED) is 0.0631. The second-order valence-corrected chi connectivity index (χ2v) is 26.1. The molecule has 2 fully saturated rings. The van der Waals surface area contributed by atoms with Crippen LogP contribution in [0.15, 0.2) is 36.1 Å². The van der Waals surface area contributed by atoms with Crippen LogP contribution in [0.1, 0.15) is 130 Å². The van der Waals surface area contributed by atoms with Crippen molar-refractivity contribution in [3.8, 4) is 0 Å². The van der Waals surface area contributed by atoms with E-state index in [4.69, 9.17) is 33.2 Å². The number of sulfonamides is 1. The predicted octanol–water partition coefficient (Wildman–Crippen LogP) is 3.00. The van der Waals surface area contributed by atoms with Gasteiger partial charge in [-0.25, -0.2) is 32.3 Å². The van der Waals surface area contributed by atoms with E-state index in [1.807, 2.05) is 0 Å². The van der Waals surface area contributed by atoms with E-state index >= 15 is 0 Å². The lowest BCUT2D eigenvalue weighted by Gasteiger charge is -2.52. The highest BCUT2D eigenvalue weighted by Crippen LogP contribution is 2.39. The normalized spacial score (nSPS) is 27.9. The number of nitrogens with one attached hydrogen (secondary N) is 5. The molecule has 0 aromatic heterocycles. The molecule has 0 bridgehead atoms. The molecule has 1 aromatic carbocycles. The number of hydrogen-bond donors (Lipinski definition) is 8. The van der Waals surface area contributed by atoms with E-state index < -0.39 is 154 Å². The van der Waals surface area contributed by atoms with Crippen molar-refractivity contribution < 1.29 is 85.7 Å². The maximum atomic E-state index is 14.1. The van der Waals surface area contributed by atoms with Crippen LogP contribution in [0.5, 0.6) is 0 Å². The third-order valence-electron chi connectivity index (χ3n) is 12.6. The van der Waals surface area contributed by atoms with Gasteiger partial charge in [-0.2, -0.15) is 0 Å². The molecule has 3 heterocycles. The smallest absolute Gasteiger partial charge is 0.410 e. The van der Waals surface area contributed by atoms with E-state index in [-0.39, 0.29) is 25.9 Å². The maximum Gasteiger partial charge on any atom is 0.410 e. The molecular formula is C52H83N7O18S. The molecule has 1 aliphatic carbocycles. The lowest BCUT2D eigenvalue weighted by Crippen LogP contribution is -2.71. The van der Waals surface area contributed by atoms with Crippen LogP contribution >= 0.6 is 0 Å². The summed E-state index contributed by atoms with van der Waals surface area (Å²) in [5.41, 5.74) is -5.11. The van der Waals surface area contributed by atoms with E-state index in [1.165, 1.54) is 18.9 Å². The largest absolute Gasteiger partial charge is 0.491 e. The lowest BCUT2D eigenvalue weighted by atomic mass is 9.72. The molecule has 0 radical (unpaired) electrons. The molecule has 0 spiro atoms. The molecule has 4 aliphatic rings.